The maximum Gasteiger partial charge on any atom is 0.0702 e. The lowest BCUT2D eigenvalue weighted by atomic mass is 9.93. The van der Waals surface area contributed by atoms with Crippen molar-refractivity contribution in [2.24, 2.45) is 7.05 Å². The van der Waals surface area contributed by atoms with Crippen LogP contribution in [0.4, 0.5) is 0 Å². The van der Waals surface area contributed by atoms with E-state index in [9.17, 15) is 0 Å². The Morgan fingerprint density at radius 3 is 3.07 bits per heavy atom. The molecule has 1 aromatic rings. The average Bonchev–Trinajstić information content (AvgIpc) is 2.84. The predicted molar refractivity (Wildman–Crippen MR) is 60.1 cm³/mol. The van der Waals surface area contributed by atoms with Gasteiger partial charge in [0, 0.05) is 25.2 Å². The van der Waals surface area contributed by atoms with Gasteiger partial charge in [-0.2, -0.15) is 5.10 Å². The molecule has 0 amide bonds. The molecule has 1 fully saturated rings. The highest BCUT2D eigenvalue weighted by molar-refractivity contribution is 5.33. The van der Waals surface area contributed by atoms with Crippen LogP contribution < -0.4 is 5.32 Å². The Morgan fingerprint density at radius 2 is 2.27 bits per heavy atom. The fraction of sp³-hybridized carbons (Fsp3) is 0.750. The minimum Gasteiger partial charge on any atom is -0.316 e. The van der Waals surface area contributed by atoms with Gasteiger partial charge in [-0.15, -0.1) is 0 Å². The third kappa shape index (κ3) is 1.49. The normalized spacial score (nSPS) is 25.5. The summed E-state index contributed by atoms with van der Waals surface area (Å²) in [4.78, 5) is 0. The molecule has 3 rings (SSSR count). The van der Waals surface area contributed by atoms with Crippen molar-refractivity contribution >= 4 is 0 Å². The minimum absolute atomic E-state index is 0.673. The van der Waals surface area contributed by atoms with Crippen LogP contribution in [-0.2, 0) is 19.9 Å². The van der Waals surface area contributed by atoms with Gasteiger partial charge in [-0.25, -0.2) is 0 Å². The molecule has 2 heterocycles. The van der Waals surface area contributed by atoms with Gasteiger partial charge in [0.15, 0.2) is 0 Å². The Balaban J connectivity index is 1.93. The van der Waals surface area contributed by atoms with Gasteiger partial charge in [-0.1, -0.05) is 0 Å². The van der Waals surface area contributed by atoms with E-state index in [0.717, 1.165) is 6.54 Å². The molecule has 1 aromatic heterocycles. The number of piperidine rings is 1. The van der Waals surface area contributed by atoms with Crippen molar-refractivity contribution < 1.29 is 0 Å². The van der Waals surface area contributed by atoms with Crippen LogP contribution in [0.3, 0.4) is 0 Å². The third-order valence-electron chi connectivity index (χ3n) is 3.83. The zero-order valence-electron chi connectivity index (χ0n) is 9.42. The number of nitrogens with one attached hydrogen (secondary N) is 1. The van der Waals surface area contributed by atoms with Gasteiger partial charge in [-0.3, -0.25) is 4.68 Å². The summed E-state index contributed by atoms with van der Waals surface area (Å²) in [5, 5.41) is 8.22. The number of nitrogens with zero attached hydrogens (tertiary/aromatic N) is 2. The van der Waals surface area contributed by atoms with E-state index in [0.29, 0.717) is 5.92 Å². The molecule has 3 heteroatoms. The molecule has 0 saturated carbocycles. The molecule has 0 aromatic carbocycles. The summed E-state index contributed by atoms with van der Waals surface area (Å²) >= 11 is 0. The van der Waals surface area contributed by atoms with Crippen molar-refractivity contribution in [3.05, 3.63) is 17.0 Å². The molecule has 0 radical (unpaired) electrons. The molecule has 1 unspecified atom stereocenters. The van der Waals surface area contributed by atoms with Crippen molar-refractivity contribution in [2.75, 3.05) is 13.1 Å². The smallest absolute Gasteiger partial charge is 0.0702 e. The molecular weight excluding hydrogens is 186 g/mol. The largest absolute Gasteiger partial charge is 0.316 e. The Morgan fingerprint density at radius 1 is 1.33 bits per heavy atom. The van der Waals surface area contributed by atoms with Crippen molar-refractivity contribution in [1.82, 2.24) is 15.1 Å². The van der Waals surface area contributed by atoms with Gasteiger partial charge in [0.1, 0.15) is 0 Å². The maximum atomic E-state index is 4.73. The molecule has 1 aliphatic heterocycles. The second-order valence-electron chi connectivity index (χ2n) is 4.83. The first kappa shape index (κ1) is 9.40. The molecule has 2 aliphatic rings. The van der Waals surface area contributed by atoms with Crippen LogP contribution in [0.15, 0.2) is 0 Å². The summed E-state index contributed by atoms with van der Waals surface area (Å²) < 4.78 is 2.12. The first-order valence-electron chi connectivity index (χ1n) is 6.11. The summed E-state index contributed by atoms with van der Waals surface area (Å²) in [6.07, 6.45) is 6.44. The van der Waals surface area contributed by atoms with E-state index in [2.05, 4.69) is 17.0 Å². The molecule has 3 nitrogen and oxygen atoms in total. The lowest BCUT2D eigenvalue weighted by Gasteiger charge is -2.21. The van der Waals surface area contributed by atoms with Crippen LogP contribution >= 0.6 is 0 Å². The van der Waals surface area contributed by atoms with Crippen LogP contribution in [0.25, 0.3) is 0 Å². The van der Waals surface area contributed by atoms with Gasteiger partial charge in [0.25, 0.3) is 0 Å². The number of fused-ring (bicyclic) bond motifs is 1. The molecule has 1 atom stereocenters. The van der Waals surface area contributed by atoms with E-state index >= 15 is 0 Å². The van der Waals surface area contributed by atoms with E-state index in [4.69, 9.17) is 5.10 Å². The van der Waals surface area contributed by atoms with Gasteiger partial charge in [0.05, 0.1) is 5.69 Å². The Bertz CT molecular complexity index is 361. The number of aryl methyl sites for hydroxylation is 1. The second-order valence-corrected chi connectivity index (χ2v) is 4.83. The Kier molecular flexibility index (Phi) is 2.28. The average molecular weight is 205 g/mol. The molecule has 0 spiro atoms. The maximum absolute atomic E-state index is 4.73. The molecule has 1 aliphatic carbocycles. The van der Waals surface area contributed by atoms with Gasteiger partial charge in [-0.05, 0) is 44.2 Å². The first-order chi connectivity index (χ1) is 7.36. The van der Waals surface area contributed by atoms with Crippen LogP contribution in [0.1, 0.15) is 42.1 Å². The summed E-state index contributed by atoms with van der Waals surface area (Å²) in [5.41, 5.74) is 4.47. The lowest BCUT2D eigenvalue weighted by Crippen LogP contribution is -2.29. The molecule has 82 valence electrons. The fourth-order valence-electron chi connectivity index (χ4n) is 3.06. The van der Waals surface area contributed by atoms with Gasteiger partial charge < -0.3 is 5.32 Å². The molecule has 1 saturated heterocycles. The fourth-order valence-corrected chi connectivity index (χ4v) is 3.06. The molecule has 15 heavy (non-hydrogen) atoms. The van der Waals surface area contributed by atoms with Crippen molar-refractivity contribution in [1.29, 1.82) is 0 Å². The summed E-state index contributed by atoms with van der Waals surface area (Å²) in [6.45, 7) is 2.31. The standard InChI is InChI=1S/C12H19N3/c1-15-11-6-2-5-10(11)12(14-15)9-4-3-7-13-8-9/h9,13H,2-8H2,1H3. The Labute approximate surface area is 90.9 Å². The number of aromatic nitrogens is 2. The monoisotopic (exact) mass is 205 g/mol. The van der Waals surface area contributed by atoms with Crippen molar-refractivity contribution in [3.63, 3.8) is 0 Å². The summed E-state index contributed by atoms with van der Waals surface area (Å²) in [5.74, 6) is 0.673. The van der Waals surface area contributed by atoms with E-state index in [1.54, 1.807) is 5.56 Å². The van der Waals surface area contributed by atoms with Crippen LogP contribution in [0.2, 0.25) is 0 Å². The summed E-state index contributed by atoms with van der Waals surface area (Å²) in [6, 6.07) is 0. The first-order valence-corrected chi connectivity index (χ1v) is 6.11. The second kappa shape index (κ2) is 3.63. The van der Waals surface area contributed by atoms with Crippen LogP contribution in [0, 0.1) is 0 Å². The number of hydrogen-bond acceptors (Lipinski definition) is 2. The van der Waals surface area contributed by atoms with Crippen molar-refractivity contribution in [3.8, 4) is 0 Å². The van der Waals surface area contributed by atoms with E-state index < -0.39 is 0 Å². The molecule has 0 bridgehead atoms. The van der Waals surface area contributed by atoms with Gasteiger partial charge >= 0.3 is 0 Å². The highest BCUT2D eigenvalue weighted by Gasteiger charge is 2.26. The molecular formula is C12H19N3. The third-order valence-corrected chi connectivity index (χ3v) is 3.83. The quantitative estimate of drug-likeness (QED) is 0.750. The predicted octanol–water partition coefficient (Wildman–Crippen LogP) is 1.38. The highest BCUT2D eigenvalue weighted by Crippen LogP contribution is 2.32. The van der Waals surface area contributed by atoms with E-state index in [1.165, 1.54) is 50.0 Å². The zero-order chi connectivity index (χ0) is 10.3. The van der Waals surface area contributed by atoms with E-state index in [-0.39, 0.29) is 0 Å². The topological polar surface area (TPSA) is 29.9 Å². The van der Waals surface area contributed by atoms with Crippen LogP contribution in [0.5, 0.6) is 0 Å². The Hall–Kier alpha value is -0.830. The number of hydrogen-bond donors (Lipinski definition) is 1. The minimum atomic E-state index is 0.673. The number of rotatable bonds is 1. The van der Waals surface area contributed by atoms with Gasteiger partial charge in [0.2, 0.25) is 0 Å². The van der Waals surface area contributed by atoms with E-state index in [1.807, 2.05) is 0 Å². The van der Waals surface area contributed by atoms with Crippen molar-refractivity contribution in [2.45, 2.75) is 38.0 Å². The molecule has 1 N–H and O–H groups in total. The lowest BCUT2D eigenvalue weighted by molar-refractivity contribution is 0.449. The SMILES string of the molecule is Cn1nc(C2CCCNC2)c2c1CCC2. The summed E-state index contributed by atoms with van der Waals surface area (Å²) in [7, 11) is 2.10. The zero-order valence-corrected chi connectivity index (χ0v) is 9.42. The highest BCUT2D eigenvalue weighted by atomic mass is 15.3. The van der Waals surface area contributed by atoms with Crippen LogP contribution in [-0.4, -0.2) is 22.9 Å².